The predicted octanol–water partition coefficient (Wildman–Crippen LogP) is 3.48. The molecule has 114 valence electrons. The Balaban J connectivity index is 2.40. The minimum atomic E-state index is -3.95. The van der Waals surface area contributed by atoms with Crippen LogP contribution in [0.4, 0.5) is 0 Å². The van der Waals surface area contributed by atoms with Crippen molar-refractivity contribution in [2.24, 2.45) is 0 Å². The van der Waals surface area contributed by atoms with E-state index in [1.165, 1.54) is 0 Å². The van der Waals surface area contributed by atoms with E-state index in [4.69, 9.17) is 4.52 Å². The summed E-state index contributed by atoms with van der Waals surface area (Å²) in [5.41, 5.74) is 1.95. The molecule has 0 fully saturated rings. The van der Waals surface area contributed by atoms with Crippen molar-refractivity contribution >= 4 is 13.2 Å². The van der Waals surface area contributed by atoms with Gasteiger partial charge >= 0.3 is 126 Å². The van der Waals surface area contributed by atoms with Crippen molar-refractivity contribution in [2.75, 3.05) is 0 Å². The van der Waals surface area contributed by atoms with Crippen molar-refractivity contribution in [3.63, 3.8) is 0 Å². The van der Waals surface area contributed by atoms with Gasteiger partial charge in [0, 0.05) is 0 Å². The van der Waals surface area contributed by atoms with Crippen molar-refractivity contribution in [2.45, 2.75) is 33.1 Å². The van der Waals surface area contributed by atoms with Crippen LogP contribution in [0.3, 0.4) is 0 Å². The van der Waals surface area contributed by atoms with Gasteiger partial charge in [0.25, 0.3) is 0 Å². The number of hydrogen-bond donors (Lipinski definition) is 2. The van der Waals surface area contributed by atoms with Gasteiger partial charge in [0.2, 0.25) is 0 Å². The van der Waals surface area contributed by atoms with Gasteiger partial charge in [0.05, 0.1) is 0 Å². The zero-order valence-electron chi connectivity index (χ0n) is 12.9. The standard InChI is InChI=1S/C17H23O3P/c1-13-10-11-16(15(12-13)17(2,3)4)20-21(18,19)14-8-6-5-7-9-14/h5-12,18-19,21H,1-4H3. The van der Waals surface area contributed by atoms with Gasteiger partial charge in [0.15, 0.2) is 0 Å². The molecule has 0 saturated carbocycles. The predicted molar refractivity (Wildman–Crippen MR) is 89.3 cm³/mol. The van der Waals surface area contributed by atoms with E-state index in [0.29, 0.717) is 11.1 Å². The summed E-state index contributed by atoms with van der Waals surface area (Å²) < 4.78 is 5.65. The number of benzene rings is 2. The Morgan fingerprint density at radius 3 is 2.14 bits per heavy atom. The van der Waals surface area contributed by atoms with Gasteiger partial charge in [-0.25, -0.2) is 0 Å². The van der Waals surface area contributed by atoms with Crippen LogP contribution in [0.2, 0.25) is 0 Å². The van der Waals surface area contributed by atoms with E-state index in [1.807, 2.05) is 31.2 Å². The van der Waals surface area contributed by atoms with E-state index in [1.54, 1.807) is 24.3 Å². The van der Waals surface area contributed by atoms with Crippen LogP contribution in [0, 0.1) is 6.92 Å². The molecule has 2 N–H and O–H groups in total. The SMILES string of the molecule is Cc1ccc(O[PH](O)(O)c2ccccc2)c(C(C)(C)C)c1. The summed E-state index contributed by atoms with van der Waals surface area (Å²) in [5, 5.41) is 0.436. The third-order valence-corrected chi connectivity index (χ3v) is 4.94. The molecule has 0 bridgehead atoms. The van der Waals surface area contributed by atoms with Gasteiger partial charge < -0.3 is 0 Å². The van der Waals surface area contributed by atoms with E-state index in [0.717, 1.165) is 11.1 Å². The van der Waals surface area contributed by atoms with Crippen molar-refractivity contribution in [1.29, 1.82) is 0 Å². The Morgan fingerprint density at radius 2 is 1.57 bits per heavy atom. The molecule has 2 aromatic rings. The first-order valence-electron chi connectivity index (χ1n) is 7.00. The molecular weight excluding hydrogens is 283 g/mol. The van der Waals surface area contributed by atoms with Gasteiger partial charge in [-0.15, -0.1) is 0 Å². The molecule has 0 unspecified atom stereocenters. The van der Waals surface area contributed by atoms with Gasteiger partial charge in [-0.2, -0.15) is 0 Å². The summed E-state index contributed by atoms with van der Waals surface area (Å²) in [5.74, 6) is 0.536. The molecule has 0 atom stereocenters. The molecule has 0 amide bonds. The van der Waals surface area contributed by atoms with Gasteiger partial charge in [-0.3, -0.25) is 0 Å². The van der Waals surface area contributed by atoms with E-state index >= 15 is 0 Å². The average Bonchev–Trinajstić information content (AvgIpc) is 2.40. The fraction of sp³-hybridized carbons (Fsp3) is 0.294. The molecular formula is C17H23O3P. The molecule has 0 aliphatic rings. The zero-order valence-corrected chi connectivity index (χ0v) is 13.9. The topological polar surface area (TPSA) is 49.7 Å². The fourth-order valence-corrected chi connectivity index (χ4v) is 3.42. The molecule has 4 heteroatoms. The second-order valence-electron chi connectivity index (χ2n) is 6.33. The maximum atomic E-state index is 10.4. The van der Waals surface area contributed by atoms with Crippen LogP contribution in [0.1, 0.15) is 31.9 Å². The summed E-state index contributed by atoms with van der Waals surface area (Å²) in [6.07, 6.45) is 0. The van der Waals surface area contributed by atoms with Crippen LogP contribution in [0.25, 0.3) is 0 Å². The summed E-state index contributed by atoms with van der Waals surface area (Å²) in [6, 6.07) is 14.5. The molecule has 0 radical (unpaired) electrons. The zero-order chi connectivity index (χ0) is 15.7. The Morgan fingerprint density at radius 1 is 0.952 bits per heavy atom. The first kappa shape index (κ1) is 16.0. The van der Waals surface area contributed by atoms with Crippen molar-refractivity contribution in [3.8, 4) is 5.75 Å². The van der Waals surface area contributed by atoms with Gasteiger partial charge in [-0.1, -0.05) is 0 Å². The van der Waals surface area contributed by atoms with Crippen molar-refractivity contribution in [1.82, 2.24) is 0 Å². The Hall–Kier alpha value is -1.41. The quantitative estimate of drug-likeness (QED) is 0.854. The number of rotatable bonds is 3. The molecule has 0 spiro atoms. The summed E-state index contributed by atoms with van der Waals surface area (Å²) in [6.45, 7) is 8.25. The number of hydrogen-bond acceptors (Lipinski definition) is 3. The normalized spacial score (nSPS) is 13.0. The van der Waals surface area contributed by atoms with Crippen molar-refractivity contribution in [3.05, 3.63) is 59.7 Å². The minimum absolute atomic E-state index is 0.136. The van der Waals surface area contributed by atoms with Crippen LogP contribution in [0.5, 0.6) is 5.75 Å². The Labute approximate surface area is 126 Å². The van der Waals surface area contributed by atoms with Crippen LogP contribution >= 0.6 is 7.94 Å². The Bertz CT molecular complexity index is 616. The van der Waals surface area contributed by atoms with E-state index in [2.05, 4.69) is 20.8 Å². The molecule has 2 aromatic carbocycles. The molecule has 3 nitrogen and oxygen atoms in total. The molecule has 0 aliphatic heterocycles. The summed E-state index contributed by atoms with van der Waals surface area (Å²) >= 11 is 0. The first-order chi connectivity index (χ1) is 9.70. The maximum absolute atomic E-state index is 10.4. The van der Waals surface area contributed by atoms with E-state index in [-0.39, 0.29) is 5.41 Å². The average molecular weight is 306 g/mol. The van der Waals surface area contributed by atoms with E-state index < -0.39 is 7.94 Å². The van der Waals surface area contributed by atoms with Gasteiger partial charge in [-0.05, 0) is 0 Å². The molecule has 2 rings (SSSR count). The van der Waals surface area contributed by atoms with Gasteiger partial charge in [0.1, 0.15) is 0 Å². The Kier molecular flexibility index (Phi) is 4.38. The second-order valence-corrected chi connectivity index (χ2v) is 8.32. The summed E-state index contributed by atoms with van der Waals surface area (Å²) in [4.78, 5) is 20.7. The summed E-state index contributed by atoms with van der Waals surface area (Å²) in [7, 11) is -3.95. The van der Waals surface area contributed by atoms with Crippen LogP contribution < -0.4 is 9.83 Å². The third kappa shape index (κ3) is 3.82. The fourth-order valence-electron chi connectivity index (χ4n) is 2.19. The molecule has 0 saturated heterocycles. The van der Waals surface area contributed by atoms with Crippen LogP contribution in [-0.2, 0) is 5.41 Å². The first-order valence-corrected chi connectivity index (χ1v) is 8.81. The number of aryl methyl sites for hydroxylation is 1. The second kappa shape index (κ2) is 5.76. The van der Waals surface area contributed by atoms with Crippen LogP contribution in [0.15, 0.2) is 48.5 Å². The molecule has 0 aliphatic carbocycles. The molecule has 0 aromatic heterocycles. The third-order valence-electron chi connectivity index (χ3n) is 3.35. The monoisotopic (exact) mass is 306 g/mol. The molecule has 0 heterocycles. The van der Waals surface area contributed by atoms with E-state index in [9.17, 15) is 9.79 Å². The van der Waals surface area contributed by atoms with Crippen molar-refractivity contribution < 1.29 is 14.3 Å². The van der Waals surface area contributed by atoms with Crippen LogP contribution in [-0.4, -0.2) is 9.79 Å². The molecule has 21 heavy (non-hydrogen) atoms.